The summed E-state index contributed by atoms with van der Waals surface area (Å²) in [5.74, 6) is -0.0187. The van der Waals surface area contributed by atoms with Crippen LogP contribution in [0.2, 0.25) is 0 Å². The van der Waals surface area contributed by atoms with E-state index in [1.54, 1.807) is 35.8 Å². The molecule has 6 rings (SSSR count). The molecule has 234 valence electrons. The number of hydrogen-bond acceptors (Lipinski definition) is 3. The number of fused-ring (bicyclic) bond motifs is 2. The van der Waals surface area contributed by atoms with Crippen LogP contribution >= 0.6 is 0 Å². The molecule has 6 aromatic rings. The Labute approximate surface area is 264 Å². The molecule has 0 aliphatic heterocycles. The average molecular weight is 624 g/mol. The molecule has 1 aromatic heterocycles. The number of aromatic carboxylic acids is 1. The Morgan fingerprint density at radius 1 is 0.826 bits per heavy atom. The fraction of sp³-hybridized carbons (Fsp3) is 0.184. The van der Waals surface area contributed by atoms with Gasteiger partial charge in [-0.15, -0.1) is 0 Å². The van der Waals surface area contributed by atoms with Gasteiger partial charge in [-0.3, -0.25) is 0 Å². The van der Waals surface area contributed by atoms with Gasteiger partial charge in [0, 0.05) is 28.4 Å². The molecule has 0 bridgehead atoms. The number of aryl methyl sites for hydroxylation is 1. The summed E-state index contributed by atoms with van der Waals surface area (Å²) in [7, 11) is 0. The van der Waals surface area contributed by atoms with Gasteiger partial charge < -0.3 is 19.1 Å². The highest BCUT2D eigenvalue weighted by Gasteiger charge is 2.35. The lowest BCUT2D eigenvalue weighted by molar-refractivity contribution is -0.138. The summed E-state index contributed by atoms with van der Waals surface area (Å²) in [6.07, 6.45) is -4.06. The summed E-state index contributed by atoms with van der Waals surface area (Å²) < 4.78 is 56.2. The number of halogens is 3. The fourth-order valence-corrected chi connectivity index (χ4v) is 6.09. The van der Waals surface area contributed by atoms with Crippen molar-refractivity contribution in [2.24, 2.45) is 0 Å². The standard InChI is InChI=1S/C38H32F3NO4/c1-2-28-30(16-9-17-32(28)38(39,40)41)35-31-23-27(46-24-25-11-4-3-5-12-25)19-20-33(31)42(36(35)37(43)44)21-10-22-45-34-18-8-14-26-13-6-7-15-29(26)34/h3-9,11-20,23H,2,10,21-22,24H2,1H3,(H,43,44). The molecule has 0 saturated carbocycles. The van der Waals surface area contributed by atoms with Crippen LogP contribution in [0.5, 0.6) is 11.5 Å². The second kappa shape index (κ2) is 13.0. The molecular formula is C38H32F3NO4. The Morgan fingerprint density at radius 3 is 2.33 bits per heavy atom. The summed E-state index contributed by atoms with van der Waals surface area (Å²) in [5, 5.41) is 13.1. The molecular weight excluding hydrogens is 591 g/mol. The van der Waals surface area contributed by atoms with Gasteiger partial charge in [-0.05, 0) is 65.3 Å². The number of nitrogens with zero attached hydrogens (tertiary/aromatic N) is 1. The second-order valence-electron chi connectivity index (χ2n) is 11.0. The molecule has 5 aromatic carbocycles. The smallest absolute Gasteiger partial charge is 0.416 e. The van der Waals surface area contributed by atoms with Crippen LogP contribution in [0.15, 0.2) is 109 Å². The SMILES string of the molecule is CCc1c(-c2c(C(=O)O)n(CCCOc3cccc4ccccc34)c3ccc(OCc4ccccc4)cc23)cccc1C(F)(F)F. The number of carboxylic acids is 1. The Bertz CT molecular complexity index is 2010. The number of carbonyl (C=O) groups is 1. The number of alkyl halides is 3. The van der Waals surface area contributed by atoms with Gasteiger partial charge in [-0.25, -0.2) is 4.79 Å². The van der Waals surface area contributed by atoms with Gasteiger partial charge in [0.15, 0.2) is 0 Å². The van der Waals surface area contributed by atoms with Gasteiger partial charge in [0.05, 0.1) is 12.2 Å². The second-order valence-corrected chi connectivity index (χ2v) is 11.0. The summed E-state index contributed by atoms with van der Waals surface area (Å²) in [6.45, 7) is 2.51. The van der Waals surface area contributed by atoms with Gasteiger partial charge >= 0.3 is 12.1 Å². The van der Waals surface area contributed by atoms with E-state index in [4.69, 9.17) is 9.47 Å². The average Bonchev–Trinajstić information content (AvgIpc) is 3.39. The van der Waals surface area contributed by atoms with Crippen LogP contribution in [-0.4, -0.2) is 22.2 Å². The minimum absolute atomic E-state index is 0.0476. The van der Waals surface area contributed by atoms with Gasteiger partial charge in [0.1, 0.15) is 23.8 Å². The molecule has 0 radical (unpaired) electrons. The van der Waals surface area contributed by atoms with E-state index in [0.717, 1.165) is 28.2 Å². The van der Waals surface area contributed by atoms with Crippen LogP contribution in [0.4, 0.5) is 13.2 Å². The van der Waals surface area contributed by atoms with Gasteiger partial charge in [0.25, 0.3) is 0 Å². The van der Waals surface area contributed by atoms with Crippen molar-refractivity contribution in [3.05, 3.63) is 132 Å². The van der Waals surface area contributed by atoms with Crippen LogP contribution in [0, 0.1) is 0 Å². The summed E-state index contributed by atoms with van der Waals surface area (Å²) in [5.41, 5.74) is 1.22. The Kier molecular flexibility index (Phi) is 8.70. The first-order chi connectivity index (χ1) is 22.3. The van der Waals surface area contributed by atoms with Crippen molar-refractivity contribution >= 4 is 27.6 Å². The molecule has 0 saturated heterocycles. The van der Waals surface area contributed by atoms with E-state index in [9.17, 15) is 23.1 Å². The Morgan fingerprint density at radius 2 is 1.57 bits per heavy atom. The number of carboxylic acid groups (broad SMARTS) is 1. The van der Waals surface area contributed by atoms with Crippen molar-refractivity contribution in [2.45, 2.75) is 39.1 Å². The van der Waals surface area contributed by atoms with Crippen molar-refractivity contribution in [1.82, 2.24) is 4.57 Å². The lowest BCUT2D eigenvalue weighted by atomic mass is 9.91. The van der Waals surface area contributed by atoms with E-state index in [-0.39, 0.29) is 42.0 Å². The zero-order chi connectivity index (χ0) is 32.3. The minimum atomic E-state index is -4.59. The van der Waals surface area contributed by atoms with E-state index >= 15 is 0 Å². The number of benzene rings is 5. The molecule has 0 spiro atoms. The lowest BCUT2D eigenvalue weighted by Gasteiger charge is -2.17. The Hall–Kier alpha value is -5.24. The lowest BCUT2D eigenvalue weighted by Crippen LogP contribution is -2.13. The maximum absolute atomic E-state index is 14.1. The minimum Gasteiger partial charge on any atom is -0.493 e. The third-order valence-electron chi connectivity index (χ3n) is 8.12. The van der Waals surface area contributed by atoms with E-state index < -0.39 is 17.7 Å². The molecule has 5 nitrogen and oxygen atoms in total. The predicted molar refractivity (Wildman–Crippen MR) is 174 cm³/mol. The van der Waals surface area contributed by atoms with Crippen molar-refractivity contribution in [3.8, 4) is 22.6 Å². The van der Waals surface area contributed by atoms with Gasteiger partial charge in [-0.2, -0.15) is 13.2 Å². The predicted octanol–water partition coefficient (Wildman–Crippen LogP) is 9.79. The largest absolute Gasteiger partial charge is 0.493 e. The number of aromatic nitrogens is 1. The molecule has 0 atom stereocenters. The van der Waals surface area contributed by atoms with Crippen LogP contribution in [0.25, 0.3) is 32.8 Å². The third kappa shape index (κ3) is 6.15. The molecule has 1 heterocycles. The van der Waals surface area contributed by atoms with E-state index in [1.165, 1.54) is 6.07 Å². The monoisotopic (exact) mass is 623 g/mol. The van der Waals surface area contributed by atoms with E-state index in [1.807, 2.05) is 72.8 Å². The molecule has 0 amide bonds. The van der Waals surface area contributed by atoms with Crippen LogP contribution in [0.1, 0.15) is 40.5 Å². The van der Waals surface area contributed by atoms with Crippen molar-refractivity contribution in [1.29, 1.82) is 0 Å². The molecule has 0 fully saturated rings. The summed E-state index contributed by atoms with van der Waals surface area (Å²) >= 11 is 0. The quantitative estimate of drug-likeness (QED) is 0.146. The number of ether oxygens (including phenoxy) is 2. The molecule has 0 unspecified atom stereocenters. The van der Waals surface area contributed by atoms with E-state index in [2.05, 4.69) is 0 Å². The highest BCUT2D eigenvalue weighted by atomic mass is 19.4. The fourth-order valence-electron chi connectivity index (χ4n) is 6.09. The summed E-state index contributed by atoms with van der Waals surface area (Å²) in [4.78, 5) is 13.0. The number of rotatable bonds is 11. The first-order valence-electron chi connectivity index (χ1n) is 15.1. The van der Waals surface area contributed by atoms with Crippen LogP contribution in [0.3, 0.4) is 0 Å². The van der Waals surface area contributed by atoms with E-state index in [0.29, 0.717) is 29.7 Å². The van der Waals surface area contributed by atoms with Crippen molar-refractivity contribution < 1.29 is 32.5 Å². The zero-order valence-electron chi connectivity index (χ0n) is 25.2. The third-order valence-corrected chi connectivity index (χ3v) is 8.12. The maximum atomic E-state index is 14.1. The Balaban J connectivity index is 1.41. The molecule has 0 aliphatic rings. The van der Waals surface area contributed by atoms with Gasteiger partial charge in [0.2, 0.25) is 0 Å². The van der Waals surface area contributed by atoms with Crippen LogP contribution in [-0.2, 0) is 25.7 Å². The first kappa shape index (κ1) is 30.8. The maximum Gasteiger partial charge on any atom is 0.416 e. The topological polar surface area (TPSA) is 60.7 Å². The van der Waals surface area contributed by atoms with Crippen LogP contribution < -0.4 is 9.47 Å². The number of hydrogen-bond donors (Lipinski definition) is 1. The molecule has 0 aliphatic carbocycles. The first-order valence-corrected chi connectivity index (χ1v) is 15.1. The van der Waals surface area contributed by atoms with Crippen molar-refractivity contribution in [2.75, 3.05) is 6.61 Å². The highest BCUT2D eigenvalue weighted by Crippen LogP contribution is 2.43. The van der Waals surface area contributed by atoms with Gasteiger partial charge in [-0.1, -0.05) is 85.8 Å². The molecule has 8 heteroatoms. The molecule has 1 N–H and O–H groups in total. The van der Waals surface area contributed by atoms with Crippen molar-refractivity contribution in [3.63, 3.8) is 0 Å². The molecule has 46 heavy (non-hydrogen) atoms. The zero-order valence-corrected chi connectivity index (χ0v) is 25.2. The normalized spacial score (nSPS) is 11.7. The summed E-state index contributed by atoms with van der Waals surface area (Å²) in [6, 6.07) is 32.5. The highest BCUT2D eigenvalue weighted by molar-refractivity contribution is 6.09.